The lowest BCUT2D eigenvalue weighted by Gasteiger charge is -2.40. The summed E-state index contributed by atoms with van der Waals surface area (Å²) in [5.74, 6) is 1.70. The van der Waals surface area contributed by atoms with Crippen molar-refractivity contribution in [3.63, 3.8) is 0 Å². The average molecular weight is 251 g/mol. The number of ether oxygens (including phenoxy) is 1. The zero-order valence-corrected chi connectivity index (χ0v) is 12.3. The standard InChI is InChI=1S/C16H29NO/c1-15(2)13-6-7-16(15,3)14(9-13)17-10-12-5-4-8-18-11-12/h12-14,17H,4-11H2,1-3H3. The van der Waals surface area contributed by atoms with Gasteiger partial charge in [0, 0.05) is 19.2 Å². The fraction of sp³-hybridized carbons (Fsp3) is 1.00. The van der Waals surface area contributed by atoms with Crippen LogP contribution in [0, 0.1) is 22.7 Å². The topological polar surface area (TPSA) is 21.3 Å². The third-order valence-corrected chi connectivity index (χ3v) is 6.70. The van der Waals surface area contributed by atoms with E-state index in [4.69, 9.17) is 4.74 Å². The van der Waals surface area contributed by atoms with E-state index in [1.807, 2.05) is 0 Å². The van der Waals surface area contributed by atoms with Crippen LogP contribution in [-0.4, -0.2) is 25.8 Å². The van der Waals surface area contributed by atoms with E-state index in [9.17, 15) is 0 Å². The second kappa shape index (κ2) is 4.49. The molecule has 3 aliphatic rings. The van der Waals surface area contributed by atoms with Gasteiger partial charge in [-0.1, -0.05) is 20.8 Å². The van der Waals surface area contributed by atoms with Gasteiger partial charge in [-0.05, 0) is 54.8 Å². The summed E-state index contributed by atoms with van der Waals surface area (Å²) < 4.78 is 5.59. The molecule has 0 radical (unpaired) electrons. The van der Waals surface area contributed by atoms with Crippen LogP contribution in [0.1, 0.15) is 52.9 Å². The molecule has 2 heteroatoms. The molecule has 1 saturated heterocycles. The summed E-state index contributed by atoms with van der Waals surface area (Å²) in [7, 11) is 0. The Hall–Kier alpha value is -0.0800. The van der Waals surface area contributed by atoms with E-state index in [1.165, 1.54) is 38.6 Å². The van der Waals surface area contributed by atoms with Gasteiger partial charge in [-0.2, -0.15) is 0 Å². The molecule has 3 rings (SSSR count). The Morgan fingerprint density at radius 1 is 1.22 bits per heavy atom. The molecule has 1 N–H and O–H groups in total. The minimum atomic E-state index is 0.521. The van der Waals surface area contributed by atoms with E-state index in [2.05, 4.69) is 26.1 Å². The van der Waals surface area contributed by atoms with Gasteiger partial charge in [0.1, 0.15) is 0 Å². The average Bonchev–Trinajstić information content (AvgIpc) is 2.70. The van der Waals surface area contributed by atoms with Gasteiger partial charge in [-0.15, -0.1) is 0 Å². The summed E-state index contributed by atoms with van der Waals surface area (Å²) in [5.41, 5.74) is 1.06. The number of fused-ring (bicyclic) bond motifs is 2. The molecule has 104 valence electrons. The fourth-order valence-electron chi connectivity index (χ4n) is 4.79. The third kappa shape index (κ3) is 1.84. The van der Waals surface area contributed by atoms with E-state index in [0.717, 1.165) is 31.1 Å². The lowest BCUT2D eigenvalue weighted by Crippen LogP contribution is -2.46. The van der Waals surface area contributed by atoms with Gasteiger partial charge in [-0.25, -0.2) is 0 Å². The minimum absolute atomic E-state index is 0.521. The monoisotopic (exact) mass is 251 g/mol. The largest absolute Gasteiger partial charge is 0.381 e. The van der Waals surface area contributed by atoms with Crippen molar-refractivity contribution in [3.8, 4) is 0 Å². The number of hydrogen-bond donors (Lipinski definition) is 1. The highest BCUT2D eigenvalue weighted by atomic mass is 16.5. The highest BCUT2D eigenvalue weighted by molar-refractivity contribution is 5.13. The van der Waals surface area contributed by atoms with Gasteiger partial charge < -0.3 is 10.1 Å². The number of rotatable bonds is 3. The molecule has 0 aromatic heterocycles. The maximum absolute atomic E-state index is 5.59. The zero-order valence-electron chi connectivity index (χ0n) is 12.3. The molecule has 0 spiro atoms. The molecule has 0 amide bonds. The van der Waals surface area contributed by atoms with E-state index in [0.29, 0.717) is 10.8 Å². The van der Waals surface area contributed by atoms with Crippen LogP contribution in [0.2, 0.25) is 0 Å². The molecule has 1 aliphatic heterocycles. The Morgan fingerprint density at radius 2 is 2.06 bits per heavy atom. The molecule has 0 aromatic carbocycles. The Balaban J connectivity index is 1.58. The Kier molecular flexibility index (Phi) is 3.22. The first kappa shape index (κ1) is 12.9. The summed E-state index contributed by atoms with van der Waals surface area (Å²) in [6, 6.07) is 0.744. The van der Waals surface area contributed by atoms with Crippen LogP contribution in [0.4, 0.5) is 0 Å². The summed E-state index contributed by atoms with van der Waals surface area (Å²) >= 11 is 0. The predicted molar refractivity (Wildman–Crippen MR) is 74.6 cm³/mol. The van der Waals surface area contributed by atoms with Crippen molar-refractivity contribution in [1.29, 1.82) is 0 Å². The van der Waals surface area contributed by atoms with Crippen molar-refractivity contribution in [2.45, 2.75) is 58.9 Å². The van der Waals surface area contributed by atoms with Gasteiger partial charge >= 0.3 is 0 Å². The molecule has 2 saturated carbocycles. The van der Waals surface area contributed by atoms with E-state index >= 15 is 0 Å². The highest BCUT2D eigenvalue weighted by Gasteiger charge is 2.60. The molecule has 2 nitrogen and oxygen atoms in total. The quantitative estimate of drug-likeness (QED) is 0.831. The van der Waals surface area contributed by atoms with Crippen LogP contribution >= 0.6 is 0 Å². The highest BCUT2D eigenvalue weighted by Crippen LogP contribution is 2.65. The lowest BCUT2D eigenvalue weighted by molar-refractivity contribution is 0.0488. The van der Waals surface area contributed by atoms with Gasteiger partial charge in [-0.3, -0.25) is 0 Å². The van der Waals surface area contributed by atoms with Crippen LogP contribution in [0.25, 0.3) is 0 Å². The van der Waals surface area contributed by atoms with Crippen LogP contribution in [-0.2, 0) is 4.74 Å². The summed E-state index contributed by atoms with van der Waals surface area (Å²) in [4.78, 5) is 0. The molecular formula is C16H29NO. The van der Waals surface area contributed by atoms with Crippen molar-refractivity contribution in [1.82, 2.24) is 5.32 Å². The molecule has 4 unspecified atom stereocenters. The molecule has 18 heavy (non-hydrogen) atoms. The van der Waals surface area contributed by atoms with E-state index < -0.39 is 0 Å². The summed E-state index contributed by atoms with van der Waals surface area (Å²) in [5, 5.41) is 3.90. The Morgan fingerprint density at radius 3 is 2.61 bits per heavy atom. The first-order valence-corrected chi connectivity index (χ1v) is 7.85. The van der Waals surface area contributed by atoms with Gasteiger partial charge in [0.25, 0.3) is 0 Å². The normalized spacial score (nSPS) is 46.5. The first-order chi connectivity index (χ1) is 8.54. The van der Waals surface area contributed by atoms with Crippen molar-refractivity contribution in [2.75, 3.05) is 19.8 Å². The fourth-order valence-corrected chi connectivity index (χ4v) is 4.79. The van der Waals surface area contributed by atoms with Crippen LogP contribution in [0.5, 0.6) is 0 Å². The maximum Gasteiger partial charge on any atom is 0.0506 e. The second-order valence-corrected chi connectivity index (χ2v) is 7.65. The van der Waals surface area contributed by atoms with Crippen LogP contribution < -0.4 is 5.32 Å². The Labute approximate surface area is 112 Å². The van der Waals surface area contributed by atoms with Crippen LogP contribution in [0.15, 0.2) is 0 Å². The first-order valence-electron chi connectivity index (χ1n) is 7.85. The molecule has 2 bridgehead atoms. The predicted octanol–water partition coefficient (Wildman–Crippen LogP) is 3.22. The summed E-state index contributed by atoms with van der Waals surface area (Å²) in [6.07, 6.45) is 6.88. The van der Waals surface area contributed by atoms with Gasteiger partial charge in [0.15, 0.2) is 0 Å². The van der Waals surface area contributed by atoms with E-state index in [-0.39, 0.29) is 0 Å². The molecule has 3 fully saturated rings. The van der Waals surface area contributed by atoms with Gasteiger partial charge in [0.2, 0.25) is 0 Å². The molecule has 1 heterocycles. The van der Waals surface area contributed by atoms with Crippen molar-refractivity contribution >= 4 is 0 Å². The SMILES string of the molecule is CC1(C)C2CCC1(C)C(NCC1CCCOC1)C2. The minimum Gasteiger partial charge on any atom is -0.381 e. The van der Waals surface area contributed by atoms with Crippen molar-refractivity contribution in [2.24, 2.45) is 22.7 Å². The zero-order chi connectivity index (χ0) is 12.8. The maximum atomic E-state index is 5.59. The lowest BCUT2D eigenvalue weighted by atomic mass is 9.69. The van der Waals surface area contributed by atoms with Crippen molar-refractivity contribution < 1.29 is 4.74 Å². The molecule has 4 atom stereocenters. The number of hydrogen-bond acceptors (Lipinski definition) is 2. The molecule has 2 aliphatic carbocycles. The van der Waals surface area contributed by atoms with Crippen molar-refractivity contribution in [3.05, 3.63) is 0 Å². The van der Waals surface area contributed by atoms with E-state index in [1.54, 1.807) is 0 Å². The smallest absolute Gasteiger partial charge is 0.0506 e. The molecule has 0 aromatic rings. The van der Waals surface area contributed by atoms with Crippen LogP contribution in [0.3, 0.4) is 0 Å². The third-order valence-electron chi connectivity index (χ3n) is 6.70. The summed E-state index contributed by atoms with van der Waals surface area (Å²) in [6.45, 7) is 10.6. The second-order valence-electron chi connectivity index (χ2n) is 7.65. The number of nitrogens with one attached hydrogen (secondary N) is 1. The molecular weight excluding hydrogens is 222 g/mol. The van der Waals surface area contributed by atoms with Gasteiger partial charge in [0.05, 0.1) is 6.61 Å². The Bertz CT molecular complexity index is 308.